The number of amides is 1. The summed E-state index contributed by atoms with van der Waals surface area (Å²) in [4.78, 5) is 18.8. The Balaban J connectivity index is 1.84. The highest BCUT2D eigenvalue weighted by atomic mass is 16.5. The van der Waals surface area contributed by atoms with Crippen molar-refractivity contribution in [1.82, 2.24) is 19.7 Å². The molecule has 0 unspecified atom stereocenters. The predicted molar refractivity (Wildman–Crippen MR) is 61.8 cm³/mol. The lowest BCUT2D eigenvalue weighted by Gasteiger charge is -2.04. The molecule has 0 saturated heterocycles. The minimum atomic E-state index is -0.600. The first-order valence-corrected chi connectivity index (χ1v) is 5.31. The lowest BCUT2D eigenvalue weighted by molar-refractivity contribution is 0.0994. The fourth-order valence-electron chi connectivity index (χ4n) is 1.24. The zero-order chi connectivity index (χ0) is 13.0. The molecule has 0 aliphatic heterocycles. The maximum Gasteiger partial charge on any atom is 0.316 e. The highest BCUT2D eigenvalue weighted by Gasteiger charge is 2.05. The fourth-order valence-corrected chi connectivity index (χ4v) is 1.24. The van der Waals surface area contributed by atoms with Crippen LogP contribution in [0, 0.1) is 13.0 Å². The Kier molecular flexibility index (Phi) is 3.52. The quantitative estimate of drug-likeness (QED) is 0.798. The van der Waals surface area contributed by atoms with Gasteiger partial charge in [0.15, 0.2) is 5.69 Å². The Morgan fingerprint density at radius 1 is 1.50 bits per heavy atom. The average Bonchev–Trinajstić information content (AvgIpc) is 2.81. The maximum atomic E-state index is 10.8. The number of nitrogens with zero attached hydrogens (tertiary/aromatic N) is 4. The van der Waals surface area contributed by atoms with E-state index in [9.17, 15) is 4.79 Å². The summed E-state index contributed by atoms with van der Waals surface area (Å²) < 4.78 is 6.84. The van der Waals surface area contributed by atoms with Gasteiger partial charge in [0, 0.05) is 24.7 Å². The molecule has 2 aromatic rings. The van der Waals surface area contributed by atoms with E-state index in [0.717, 1.165) is 5.56 Å². The van der Waals surface area contributed by atoms with Crippen LogP contribution in [0.5, 0.6) is 6.01 Å². The third-order valence-electron chi connectivity index (χ3n) is 2.12. The molecular formula is C11H12N5O2. The Bertz CT molecular complexity index is 535. The summed E-state index contributed by atoms with van der Waals surface area (Å²) in [5.41, 5.74) is 6.14. The number of ether oxygens (including phenoxy) is 1. The number of carbonyl (C=O) groups is 1. The van der Waals surface area contributed by atoms with Gasteiger partial charge in [-0.1, -0.05) is 0 Å². The zero-order valence-electron chi connectivity index (χ0n) is 9.83. The van der Waals surface area contributed by atoms with Crippen molar-refractivity contribution in [1.29, 1.82) is 0 Å². The number of primary amides is 1. The molecule has 0 atom stereocenters. The zero-order valence-corrected chi connectivity index (χ0v) is 9.83. The monoisotopic (exact) mass is 246 g/mol. The van der Waals surface area contributed by atoms with Gasteiger partial charge >= 0.3 is 6.01 Å². The van der Waals surface area contributed by atoms with Gasteiger partial charge in [-0.2, -0.15) is 5.10 Å². The lowest BCUT2D eigenvalue weighted by Crippen LogP contribution is -2.14. The third kappa shape index (κ3) is 3.03. The first-order chi connectivity index (χ1) is 8.65. The van der Waals surface area contributed by atoms with Crippen LogP contribution in [0.15, 0.2) is 18.6 Å². The van der Waals surface area contributed by atoms with Crippen molar-refractivity contribution in [3.05, 3.63) is 35.9 Å². The van der Waals surface area contributed by atoms with Gasteiger partial charge in [0.2, 0.25) is 0 Å². The van der Waals surface area contributed by atoms with Gasteiger partial charge in [-0.25, -0.2) is 9.97 Å². The summed E-state index contributed by atoms with van der Waals surface area (Å²) in [6.45, 7) is 2.70. The van der Waals surface area contributed by atoms with Gasteiger partial charge in [0.05, 0.1) is 6.54 Å². The van der Waals surface area contributed by atoms with Gasteiger partial charge in [-0.05, 0) is 12.5 Å². The van der Waals surface area contributed by atoms with Crippen molar-refractivity contribution in [2.45, 2.75) is 13.5 Å². The number of rotatable bonds is 5. The van der Waals surface area contributed by atoms with E-state index >= 15 is 0 Å². The first-order valence-electron chi connectivity index (χ1n) is 5.31. The number of hydrogen-bond acceptors (Lipinski definition) is 5. The largest absolute Gasteiger partial charge is 0.461 e. The molecule has 0 aliphatic rings. The molecular weight excluding hydrogens is 234 g/mol. The molecule has 2 rings (SSSR count). The van der Waals surface area contributed by atoms with E-state index in [1.165, 1.54) is 4.68 Å². The fraction of sp³-hybridized carbons (Fsp3) is 0.273. The summed E-state index contributed by atoms with van der Waals surface area (Å²) in [5.74, 6) is -0.600. The van der Waals surface area contributed by atoms with Crippen LogP contribution in [0.3, 0.4) is 0 Å². The Morgan fingerprint density at radius 3 is 2.83 bits per heavy atom. The van der Waals surface area contributed by atoms with Crippen molar-refractivity contribution in [3.8, 4) is 6.01 Å². The van der Waals surface area contributed by atoms with Crippen LogP contribution in [0.1, 0.15) is 16.1 Å². The molecule has 18 heavy (non-hydrogen) atoms. The molecule has 7 heteroatoms. The molecule has 2 N–H and O–H groups in total. The molecule has 7 nitrogen and oxygen atoms in total. The molecule has 0 spiro atoms. The summed E-state index contributed by atoms with van der Waals surface area (Å²) in [6.07, 6.45) is 4.89. The molecule has 1 radical (unpaired) electrons. The summed E-state index contributed by atoms with van der Waals surface area (Å²) in [5, 5.41) is 3.92. The molecule has 1 amide bonds. The minimum Gasteiger partial charge on any atom is -0.461 e. The molecule has 0 aromatic carbocycles. The number of carbonyl (C=O) groups excluding carboxylic acids is 1. The summed E-state index contributed by atoms with van der Waals surface area (Å²) in [6, 6.07) is 2.96. The Morgan fingerprint density at radius 2 is 2.22 bits per heavy atom. The number of nitrogens with two attached hydrogens (primary N) is 1. The molecule has 0 aliphatic carbocycles. The molecule has 93 valence electrons. The molecule has 2 heterocycles. The number of hydrogen-bond donors (Lipinski definition) is 1. The van der Waals surface area contributed by atoms with Crippen LogP contribution in [0.25, 0.3) is 0 Å². The van der Waals surface area contributed by atoms with Crippen LogP contribution in [0.2, 0.25) is 0 Å². The van der Waals surface area contributed by atoms with Crippen LogP contribution in [0.4, 0.5) is 0 Å². The van der Waals surface area contributed by atoms with E-state index in [0.29, 0.717) is 19.2 Å². The van der Waals surface area contributed by atoms with Gasteiger partial charge in [-0.3, -0.25) is 9.48 Å². The first kappa shape index (κ1) is 12.0. The van der Waals surface area contributed by atoms with E-state index in [1.807, 2.05) is 6.92 Å². The second-order valence-corrected chi connectivity index (χ2v) is 3.64. The van der Waals surface area contributed by atoms with Crippen molar-refractivity contribution >= 4 is 5.91 Å². The summed E-state index contributed by atoms with van der Waals surface area (Å²) in [7, 11) is 0. The number of aryl methyl sites for hydroxylation is 1. The average molecular weight is 246 g/mol. The highest BCUT2D eigenvalue weighted by Crippen LogP contribution is 2.01. The second kappa shape index (κ2) is 5.26. The molecule has 0 bridgehead atoms. The summed E-state index contributed by atoms with van der Waals surface area (Å²) >= 11 is 0. The SMILES string of the molecule is Cc1cnc(OCCn2c[c]c(C(N)=O)n2)nc1. The topological polar surface area (TPSA) is 95.9 Å². The van der Waals surface area contributed by atoms with Crippen LogP contribution < -0.4 is 10.5 Å². The molecule has 0 saturated carbocycles. The van der Waals surface area contributed by atoms with Crippen LogP contribution >= 0.6 is 0 Å². The second-order valence-electron chi connectivity index (χ2n) is 3.64. The van der Waals surface area contributed by atoms with Crippen molar-refractivity contribution in [3.63, 3.8) is 0 Å². The Hall–Kier alpha value is -2.44. The normalized spacial score (nSPS) is 10.3. The van der Waals surface area contributed by atoms with Crippen molar-refractivity contribution in [2.24, 2.45) is 5.73 Å². The Labute approximate surface area is 104 Å². The predicted octanol–water partition coefficient (Wildman–Crippen LogP) is -0.0404. The van der Waals surface area contributed by atoms with Crippen molar-refractivity contribution in [2.75, 3.05) is 6.61 Å². The smallest absolute Gasteiger partial charge is 0.316 e. The van der Waals surface area contributed by atoms with Gasteiger partial charge in [0.1, 0.15) is 6.61 Å². The molecule has 0 fully saturated rings. The van der Waals surface area contributed by atoms with E-state index in [4.69, 9.17) is 10.5 Å². The lowest BCUT2D eigenvalue weighted by atomic mass is 10.4. The van der Waals surface area contributed by atoms with Gasteiger partial charge in [-0.15, -0.1) is 0 Å². The maximum absolute atomic E-state index is 10.8. The minimum absolute atomic E-state index is 0.113. The number of aromatic nitrogens is 4. The van der Waals surface area contributed by atoms with E-state index in [1.54, 1.807) is 18.6 Å². The van der Waals surface area contributed by atoms with Gasteiger partial charge < -0.3 is 10.5 Å². The third-order valence-corrected chi connectivity index (χ3v) is 2.12. The van der Waals surface area contributed by atoms with E-state index in [2.05, 4.69) is 21.1 Å². The van der Waals surface area contributed by atoms with Crippen LogP contribution in [-0.4, -0.2) is 32.3 Å². The standard InChI is InChI=1S/C11H12N5O2/c1-8-6-13-11(14-7-8)18-5-4-16-3-2-9(15-16)10(12)17/h3,6-7H,4-5H2,1H3,(H2,12,17). The highest BCUT2D eigenvalue weighted by molar-refractivity contribution is 5.90. The van der Waals surface area contributed by atoms with E-state index in [-0.39, 0.29) is 5.69 Å². The van der Waals surface area contributed by atoms with E-state index < -0.39 is 5.91 Å². The van der Waals surface area contributed by atoms with Crippen LogP contribution in [-0.2, 0) is 6.54 Å². The van der Waals surface area contributed by atoms with Gasteiger partial charge in [0.25, 0.3) is 5.91 Å². The van der Waals surface area contributed by atoms with Crippen molar-refractivity contribution < 1.29 is 9.53 Å². The molecule has 2 aromatic heterocycles.